The van der Waals surface area contributed by atoms with E-state index >= 15 is 0 Å². The number of carbonyl (C=O) groups excluding carboxylic acids is 1. The molecule has 0 fully saturated rings. The standard InChI is InChI=1S/C32H44O6/c1-25(2)32(33)38-22-14-12-10-8-6-7-9-11-13-21-37-29-20-18-27(24-31(29)36-5)16-15-26-17-19-28(34-3)30(23-26)35-4/h15-20,23-24H,1,6-14,21-22H2,2-5H3. The zero-order valence-corrected chi connectivity index (χ0v) is 23.6. The Hall–Kier alpha value is -3.41. The Morgan fingerprint density at radius 2 is 1.11 bits per heavy atom. The van der Waals surface area contributed by atoms with Gasteiger partial charge in [-0.05, 0) is 55.2 Å². The lowest BCUT2D eigenvalue weighted by atomic mass is 10.1. The van der Waals surface area contributed by atoms with Gasteiger partial charge in [0.25, 0.3) is 0 Å². The van der Waals surface area contributed by atoms with Gasteiger partial charge in [-0.25, -0.2) is 4.79 Å². The average molecular weight is 525 g/mol. The molecule has 2 aromatic rings. The van der Waals surface area contributed by atoms with Gasteiger partial charge >= 0.3 is 5.97 Å². The number of hydrogen-bond donors (Lipinski definition) is 0. The molecule has 0 aromatic heterocycles. The minimum absolute atomic E-state index is 0.288. The largest absolute Gasteiger partial charge is 0.493 e. The molecule has 0 unspecified atom stereocenters. The van der Waals surface area contributed by atoms with Crippen molar-refractivity contribution in [2.45, 2.75) is 64.7 Å². The summed E-state index contributed by atoms with van der Waals surface area (Å²) in [5.74, 6) is 2.62. The highest BCUT2D eigenvalue weighted by Crippen LogP contribution is 2.31. The lowest BCUT2D eigenvalue weighted by Crippen LogP contribution is -2.05. The summed E-state index contributed by atoms with van der Waals surface area (Å²) >= 11 is 0. The van der Waals surface area contributed by atoms with Crippen LogP contribution in [-0.4, -0.2) is 40.5 Å². The number of unbranched alkanes of at least 4 members (excludes halogenated alkanes) is 8. The number of carbonyl (C=O) groups is 1. The highest BCUT2D eigenvalue weighted by atomic mass is 16.5. The van der Waals surface area contributed by atoms with E-state index in [1.54, 1.807) is 28.3 Å². The Balaban J connectivity index is 1.62. The van der Waals surface area contributed by atoms with E-state index in [1.807, 2.05) is 48.6 Å². The van der Waals surface area contributed by atoms with Crippen LogP contribution < -0.4 is 18.9 Å². The van der Waals surface area contributed by atoms with Gasteiger partial charge in [-0.1, -0.05) is 75.8 Å². The molecule has 0 spiro atoms. The number of hydrogen-bond acceptors (Lipinski definition) is 6. The lowest BCUT2D eigenvalue weighted by Gasteiger charge is -2.11. The number of benzene rings is 2. The zero-order chi connectivity index (χ0) is 27.6. The van der Waals surface area contributed by atoms with Crippen LogP contribution >= 0.6 is 0 Å². The summed E-state index contributed by atoms with van der Waals surface area (Å²) in [6.45, 7) is 6.43. The lowest BCUT2D eigenvalue weighted by molar-refractivity contribution is -0.139. The molecule has 0 heterocycles. The Bertz CT molecular complexity index is 1030. The minimum atomic E-state index is -0.288. The molecule has 0 aliphatic heterocycles. The summed E-state index contributed by atoms with van der Waals surface area (Å²) in [6, 6.07) is 11.8. The van der Waals surface area contributed by atoms with Gasteiger partial charge in [0.2, 0.25) is 0 Å². The van der Waals surface area contributed by atoms with Gasteiger partial charge in [0.15, 0.2) is 23.0 Å². The summed E-state index contributed by atoms with van der Waals surface area (Å²) in [4.78, 5) is 11.3. The smallest absolute Gasteiger partial charge is 0.333 e. The van der Waals surface area contributed by atoms with Crippen LogP contribution in [0.25, 0.3) is 12.2 Å². The van der Waals surface area contributed by atoms with Crippen molar-refractivity contribution in [1.29, 1.82) is 0 Å². The van der Waals surface area contributed by atoms with E-state index in [-0.39, 0.29) is 5.97 Å². The predicted molar refractivity (Wildman–Crippen MR) is 154 cm³/mol. The molecular weight excluding hydrogens is 480 g/mol. The molecule has 38 heavy (non-hydrogen) atoms. The molecule has 0 bridgehead atoms. The molecule has 0 aliphatic carbocycles. The first-order chi connectivity index (χ1) is 18.5. The van der Waals surface area contributed by atoms with Crippen LogP contribution in [0.2, 0.25) is 0 Å². The summed E-state index contributed by atoms with van der Waals surface area (Å²) in [5.41, 5.74) is 2.50. The van der Waals surface area contributed by atoms with Gasteiger partial charge in [0.05, 0.1) is 34.5 Å². The Morgan fingerprint density at radius 3 is 1.61 bits per heavy atom. The number of ether oxygens (including phenoxy) is 5. The molecule has 6 nitrogen and oxygen atoms in total. The second-order valence-corrected chi connectivity index (χ2v) is 9.30. The van der Waals surface area contributed by atoms with Crippen LogP contribution in [0.4, 0.5) is 0 Å². The molecule has 0 N–H and O–H groups in total. The van der Waals surface area contributed by atoms with Gasteiger partial charge in [-0.15, -0.1) is 0 Å². The molecule has 0 amide bonds. The molecule has 0 saturated heterocycles. The van der Waals surface area contributed by atoms with Crippen LogP contribution in [0.15, 0.2) is 48.6 Å². The van der Waals surface area contributed by atoms with Crippen LogP contribution in [0.3, 0.4) is 0 Å². The number of esters is 1. The summed E-state index contributed by atoms with van der Waals surface area (Å²) < 4.78 is 27.3. The van der Waals surface area contributed by atoms with Gasteiger partial charge in [-0.3, -0.25) is 0 Å². The summed E-state index contributed by atoms with van der Waals surface area (Å²) in [6.07, 6.45) is 14.4. The fourth-order valence-electron chi connectivity index (χ4n) is 3.97. The van der Waals surface area contributed by atoms with E-state index in [2.05, 4.69) is 6.58 Å². The molecule has 2 rings (SSSR count). The first-order valence-electron chi connectivity index (χ1n) is 13.5. The molecule has 6 heteroatoms. The van der Waals surface area contributed by atoms with Gasteiger partial charge in [0, 0.05) is 5.57 Å². The fraction of sp³-hybridized carbons (Fsp3) is 0.469. The second kappa shape index (κ2) is 17.9. The van der Waals surface area contributed by atoms with Crippen molar-refractivity contribution in [2.24, 2.45) is 0 Å². The Labute approximate surface area is 228 Å². The van der Waals surface area contributed by atoms with E-state index in [0.29, 0.717) is 30.3 Å². The van der Waals surface area contributed by atoms with Crippen molar-refractivity contribution >= 4 is 18.1 Å². The number of rotatable bonds is 19. The summed E-state index contributed by atoms with van der Waals surface area (Å²) in [7, 11) is 4.93. The van der Waals surface area contributed by atoms with Gasteiger partial charge < -0.3 is 23.7 Å². The maximum absolute atomic E-state index is 11.3. The molecular formula is C32H44O6. The maximum Gasteiger partial charge on any atom is 0.333 e. The molecule has 208 valence electrons. The highest BCUT2D eigenvalue weighted by Gasteiger charge is 2.06. The quantitative estimate of drug-likeness (QED) is 0.0806. The van der Waals surface area contributed by atoms with E-state index < -0.39 is 0 Å². The molecule has 2 aromatic carbocycles. The van der Waals surface area contributed by atoms with Crippen molar-refractivity contribution in [3.63, 3.8) is 0 Å². The molecule has 0 saturated carbocycles. The van der Waals surface area contributed by atoms with Crippen LogP contribution in [0.5, 0.6) is 23.0 Å². The second-order valence-electron chi connectivity index (χ2n) is 9.30. The Kier molecular flexibility index (Phi) is 14.5. The number of methoxy groups -OCH3 is 3. The maximum atomic E-state index is 11.3. The van der Waals surface area contributed by atoms with E-state index in [1.165, 1.54) is 32.1 Å². The topological polar surface area (TPSA) is 63.2 Å². The average Bonchev–Trinajstić information content (AvgIpc) is 2.94. The SMILES string of the molecule is C=C(C)C(=O)OCCCCCCCCCCCOc1ccc(C=Cc2ccc(OC)c(OC)c2)cc1OC. The summed E-state index contributed by atoms with van der Waals surface area (Å²) in [5, 5.41) is 0. The van der Waals surface area contributed by atoms with E-state index in [0.717, 1.165) is 48.3 Å². The van der Waals surface area contributed by atoms with E-state index in [9.17, 15) is 4.79 Å². The van der Waals surface area contributed by atoms with Crippen molar-refractivity contribution in [3.8, 4) is 23.0 Å². The first-order valence-corrected chi connectivity index (χ1v) is 13.5. The highest BCUT2D eigenvalue weighted by molar-refractivity contribution is 5.86. The molecule has 0 aliphatic rings. The molecule has 0 radical (unpaired) electrons. The monoisotopic (exact) mass is 524 g/mol. The van der Waals surface area contributed by atoms with Gasteiger partial charge in [0.1, 0.15) is 0 Å². The van der Waals surface area contributed by atoms with Crippen LogP contribution in [0.1, 0.15) is 75.8 Å². The first kappa shape index (κ1) is 30.8. The van der Waals surface area contributed by atoms with Crippen LogP contribution in [0, 0.1) is 0 Å². The molecule has 0 atom stereocenters. The van der Waals surface area contributed by atoms with Crippen molar-refractivity contribution in [3.05, 3.63) is 59.7 Å². The van der Waals surface area contributed by atoms with Crippen molar-refractivity contribution in [1.82, 2.24) is 0 Å². The predicted octanol–water partition coefficient (Wildman–Crippen LogP) is 7.89. The third-order valence-corrected chi connectivity index (χ3v) is 6.19. The zero-order valence-electron chi connectivity index (χ0n) is 23.6. The minimum Gasteiger partial charge on any atom is -0.493 e. The van der Waals surface area contributed by atoms with Crippen molar-refractivity contribution < 1.29 is 28.5 Å². The normalized spacial score (nSPS) is 10.8. The van der Waals surface area contributed by atoms with E-state index in [4.69, 9.17) is 23.7 Å². The third-order valence-electron chi connectivity index (χ3n) is 6.19. The fourth-order valence-corrected chi connectivity index (χ4v) is 3.97. The van der Waals surface area contributed by atoms with Crippen molar-refractivity contribution in [2.75, 3.05) is 34.5 Å². The Morgan fingerprint density at radius 1 is 0.658 bits per heavy atom. The van der Waals surface area contributed by atoms with Crippen LogP contribution in [-0.2, 0) is 9.53 Å². The van der Waals surface area contributed by atoms with Gasteiger partial charge in [-0.2, -0.15) is 0 Å². The third kappa shape index (κ3) is 11.3.